The van der Waals surface area contributed by atoms with Gasteiger partial charge in [0.1, 0.15) is 0 Å². The molecule has 0 radical (unpaired) electrons. The molecule has 2 heterocycles. The Hall–Kier alpha value is -0.860. The molecule has 1 atom stereocenters. The molecule has 0 saturated carbocycles. The molecule has 0 aliphatic carbocycles. The normalized spacial score (nSPS) is 20.4. The van der Waals surface area contributed by atoms with Crippen LogP contribution in [0.15, 0.2) is 24.5 Å². The summed E-state index contributed by atoms with van der Waals surface area (Å²) < 4.78 is 0. The van der Waals surface area contributed by atoms with Gasteiger partial charge in [-0.25, -0.2) is 0 Å². The summed E-state index contributed by atoms with van der Waals surface area (Å²) in [6.45, 7) is 7.92. The first-order valence-corrected chi connectivity index (χ1v) is 7.60. The summed E-state index contributed by atoms with van der Waals surface area (Å²) in [6, 6.07) is 2.02. The van der Waals surface area contributed by atoms with Crippen molar-refractivity contribution in [2.75, 3.05) is 19.6 Å². The zero-order valence-electron chi connectivity index (χ0n) is 11.9. The smallest absolute Gasteiger partial charge is 0.0595 e. The molecule has 0 N–H and O–H groups in total. The van der Waals surface area contributed by atoms with Gasteiger partial charge in [-0.3, -0.25) is 9.88 Å². The van der Waals surface area contributed by atoms with Crippen molar-refractivity contribution in [2.45, 2.75) is 33.1 Å². The SMILES string of the molecule is CCCCCN1CC(c2cncc(Cl)c2)=CC(C)C1. The fourth-order valence-corrected chi connectivity index (χ4v) is 2.87. The molecule has 0 amide bonds. The van der Waals surface area contributed by atoms with Crippen molar-refractivity contribution in [2.24, 2.45) is 5.92 Å². The Labute approximate surface area is 121 Å². The number of pyridine rings is 1. The van der Waals surface area contributed by atoms with Crippen molar-refractivity contribution in [3.05, 3.63) is 35.1 Å². The maximum Gasteiger partial charge on any atom is 0.0595 e. The molecule has 19 heavy (non-hydrogen) atoms. The summed E-state index contributed by atoms with van der Waals surface area (Å²) in [4.78, 5) is 6.75. The van der Waals surface area contributed by atoms with Crippen LogP contribution in [0.3, 0.4) is 0 Å². The first-order valence-electron chi connectivity index (χ1n) is 7.23. The summed E-state index contributed by atoms with van der Waals surface area (Å²) >= 11 is 6.04. The lowest BCUT2D eigenvalue weighted by atomic mass is 9.97. The minimum Gasteiger partial charge on any atom is -0.298 e. The van der Waals surface area contributed by atoms with E-state index in [9.17, 15) is 0 Å². The van der Waals surface area contributed by atoms with Crippen LogP contribution in [0.1, 0.15) is 38.7 Å². The highest BCUT2D eigenvalue weighted by Gasteiger charge is 2.18. The van der Waals surface area contributed by atoms with Gasteiger partial charge in [0.05, 0.1) is 5.02 Å². The van der Waals surface area contributed by atoms with Crippen LogP contribution in [0.2, 0.25) is 5.02 Å². The van der Waals surface area contributed by atoms with Gasteiger partial charge in [0.25, 0.3) is 0 Å². The van der Waals surface area contributed by atoms with E-state index in [1.54, 1.807) is 6.20 Å². The van der Waals surface area contributed by atoms with Gasteiger partial charge in [-0.2, -0.15) is 0 Å². The molecule has 0 spiro atoms. The van der Waals surface area contributed by atoms with E-state index >= 15 is 0 Å². The predicted octanol–water partition coefficient (Wildman–Crippen LogP) is 4.26. The van der Waals surface area contributed by atoms with Crippen molar-refractivity contribution in [3.63, 3.8) is 0 Å². The third-order valence-corrected chi connectivity index (χ3v) is 3.79. The highest BCUT2D eigenvalue weighted by molar-refractivity contribution is 6.30. The molecule has 1 unspecified atom stereocenters. The van der Waals surface area contributed by atoms with E-state index in [1.807, 2.05) is 12.3 Å². The second-order valence-electron chi connectivity index (χ2n) is 5.50. The number of halogens is 1. The molecule has 1 aromatic heterocycles. The maximum absolute atomic E-state index is 6.04. The Morgan fingerprint density at radius 2 is 2.21 bits per heavy atom. The van der Waals surface area contributed by atoms with Gasteiger partial charge >= 0.3 is 0 Å². The second kappa shape index (κ2) is 7.06. The van der Waals surface area contributed by atoms with E-state index in [0.29, 0.717) is 10.9 Å². The molecule has 1 aromatic rings. The number of nitrogens with zero attached hydrogens (tertiary/aromatic N) is 2. The van der Waals surface area contributed by atoms with E-state index in [2.05, 4.69) is 29.8 Å². The minimum absolute atomic E-state index is 0.601. The van der Waals surface area contributed by atoms with Gasteiger partial charge in [0, 0.05) is 25.5 Å². The summed E-state index contributed by atoms with van der Waals surface area (Å²) in [5.41, 5.74) is 2.53. The lowest BCUT2D eigenvalue weighted by Gasteiger charge is -2.31. The van der Waals surface area contributed by atoms with E-state index < -0.39 is 0 Å². The monoisotopic (exact) mass is 278 g/mol. The van der Waals surface area contributed by atoms with Crippen molar-refractivity contribution in [1.29, 1.82) is 0 Å². The molecule has 1 aliphatic heterocycles. The van der Waals surface area contributed by atoms with Crippen LogP contribution in [-0.4, -0.2) is 29.5 Å². The standard InChI is InChI=1S/C16H23ClN2/c1-3-4-5-6-19-11-13(2)7-15(12-19)14-8-16(17)10-18-9-14/h7-10,13H,3-6,11-12H2,1-2H3. The number of aromatic nitrogens is 1. The molecular weight excluding hydrogens is 256 g/mol. The van der Waals surface area contributed by atoms with Gasteiger partial charge in [-0.05, 0) is 36.1 Å². The molecule has 2 nitrogen and oxygen atoms in total. The van der Waals surface area contributed by atoms with Crippen LogP contribution < -0.4 is 0 Å². The largest absolute Gasteiger partial charge is 0.298 e. The molecular formula is C16H23ClN2. The van der Waals surface area contributed by atoms with Crippen molar-refractivity contribution >= 4 is 17.2 Å². The Kier molecular flexibility index (Phi) is 5.41. The highest BCUT2D eigenvalue weighted by atomic mass is 35.5. The molecule has 0 saturated heterocycles. The van der Waals surface area contributed by atoms with Gasteiger partial charge in [-0.15, -0.1) is 0 Å². The fraction of sp³-hybridized carbons (Fsp3) is 0.562. The van der Waals surface area contributed by atoms with Gasteiger partial charge in [0.15, 0.2) is 0 Å². The van der Waals surface area contributed by atoms with Crippen LogP contribution in [0.25, 0.3) is 5.57 Å². The quantitative estimate of drug-likeness (QED) is 0.748. The van der Waals surface area contributed by atoms with Gasteiger partial charge in [-0.1, -0.05) is 44.4 Å². The Balaban J connectivity index is 2.04. The summed E-state index contributed by atoms with van der Waals surface area (Å²) in [7, 11) is 0. The molecule has 3 heteroatoms. The fourth-order valence-electron chi connectivity index (χ4n) is 2.69. The highest BCUT2D eigenvalue weighted by Crippen LogP contribution is 2.25. The molecule has 1 aliphatic rings. The number of unbranched alkanes of at least 4 members (excludes halogenated alkanes) is 2. The predicted molar refractivity (Wildman–Crippen MR) is 82.4 cm³/mol. The number of rotatable bonds is 5. The topological polar surface area (TPSA) is 16.1 Å². The van der Waals surface area contributed by atoms with E-state index in [4.69, 9.17) is 11.6 Å². The lowest BCUT2D eigenvalue weighted by molar-refractivity contribution is 0.266. The van der Waals surface area contributed by atoms with Crippen molar-refractivity contribution in [3.8, 4) is 0 Å². The van der Waals surface area contributed by atoms with E-state index in [1.165, 1.54) is 43.5 Å². The van der Waals surface area contributed by atoms with E-state index in [-0.39, 0.29) is 0 Å². The average Bonchev–Trinajstić information content (AvgIpc) is 2.38. The Bertz CT molecular complexity index is 442. The molecule has 2 rings (SSSR count). The van der Waals surface area contributed by atoms with Crippen LogP contribution in [0, 0.1) is 5.92 Å². The van der Waals surface area contributed by atoms with Crippen molar-refractivity contribution < 1.29 is 0 Å². The molecule has 104 valence electrons. The third-order valence-electron chi connectivity index (χ3n) is 3.58. The molecule has 0 aromatic carbocycles. The zero-order valence-corrected chi connectivity index (χ0v) is 12.7. The average molecular weight is 279 g/mol. The lowest BCUT2D eigenvalue weighted by Crippen LogP contribution is -2.34. The first-order chi connectivity index (χ1) is 9.19. The van der Waals surface area contributed by atoms with Gasteiger partial charge in [0.2, 0.25) is 0 Å². The Morgan fingerprint density at radius 1 is 1.37 bits per heavy atom. The van der Waals surface area contributed by atoms with Crippen molar-refractivity contribution in [1.82, 2.24) is 9.88 Å². The van der Waals surface area contributed by atoms with Crippen LogP contribution >= 0.6 is 11.6 Å². The third kappa shape index (κ3) is 4.32. The minimum atomic E-state index is 0.601. The van der Waals surface area contributed by atoms with Crippen LogP contribution in [0.5, 0.6) is 0 Å². The maximum atomic E-state index is 6.04. The molecule has 0 bridgehead atoms. The first kappa shape index (κ1) is 14.5. The zero-order chi connectivity index (χ0) is 13.7. The van der Waals surface area contributed by atoms with E-state index in [0.717, 1.165) is 6.54 Å². The van der Waals surface area contributed by atoms with Crippen LogP contribution in [-0.2, 0) is 0 Å². The second-order valence-corrected chi connectivity index (χ2v) is 5.94. The Morgan fingerprint density at radius 3 is 2.95 bits per heavy atom. The summed E-state index contributed by atoms with van der Waals surface area (Å²) in [5, 5.41) is 0.717. The number of hydrogen-bond acceptors (Lipinski definition) is 2. The van der Waals surface area contributed by atoms with Gasteiger partial charge < -0.3 is 0 Å². The van der Waals surface area contributed by atoms with Crippen LogP contribution in [0.4, 0.5) is 0 Å². The number of hydrogen-bond donors (Lipinski definition) is 0. The summed E-state index contributed by atoms with van der Waals surface area (Å²) in [5.74, 6) is 0.601. The molecule has 0 fully saturated rings. The summed E-state index contributed by atoms with van der Waals surface area (Å²) in [6.07, 6.45) is 9.87.